The Kier molecular flexibility index (Phi) is 5.50. The Bertz CT molecular complexity index is 402. The van der Waals surface area contributed by atoms with E-state index in [1.54, 1.807) is 0 Å². The zero-order chi connectivity index (χ0) is 13.7. The molecular formula is C16H25ClN2. The second-order valence-electron chi connectivity index (χ2n) is 5.54. The van der Waals surface area contributed by atoms with Crippen LogP contribution in [0.2, 0.25) is 0 Å². The molecule has 0 aromatic carbocycles. The van der Waals surface area contributed by atoms with E-state index in [2.05, 4.69) is 30.9 Å². The van der Waals surface area contributed by atoms with E-state index in [0.29, 0.717) is 5.88 Å². The Balaban J connectivity index is 2.16. The van der Waals surface area contributed by atoms with E-state index >= 15 is 0 Å². The molecule has 106 valence electrons. The van der Waals surface area contributed by atoms with Crippen LogP contribution >= 0.6 is 11.6 Å². The zero-order valence-electron chi connectivity index (χ0n) is 12.2. The third-order valence-corrected chi connectivity index (χ3v) is 4.30. The van der Waals surface area contributed by atoms with Gasteiger partial charge in [0.1, 0.15) is 5.82 Å². The predicted molar refractivity (Wildman–Crippen MR) is 83.0 cm³/mol. The number of aromatic nitrogens is 1. The molecule has 1 aliphatic carbocycles. The van der Waals surface area contributed by atoms with Crippen LogP contribution in [0.25, 0.3) is 0 Å². The highest BCUT2D eigenvalue weighted by Crippen LogP contribution is 2.29. The zero-order valence-corrected chi connectivity index (χ0v) is 12.9. The van der Waals surface area contributed by atoms with Crippen LogP contribution in [0.1, 0.15) is 50.8 Å². The minimum Gasteiger partial charge on any atom is -0.357 e. The Hall–Kier alpha value is -0.760. The number of hydrogen-bond acceptors (Lipinski definition) is 2. The summed E-state index contributed by atoms with van der Waals surface area (Å²) in [4.78, 5) is 7.24. The van der Waals surface area contributed by atoms with Crippen molar-refractivity contribution in [3.05, 3.63) is 23.4 Å². The lowest BCUT2D eigenvalue weighted by Gasteiger charge is -2.32. The second-order valence-corrected chi connectivity index (χ2v) is 5.81. The second kappa shape index (κ2) is 7.14. The van der Waals surface area contributed by atoms with E-state index in [4.69, 9.17) is 16.6 Å². The molecule has 1 aromatic heterocycles. The number of hydrogen-bond donors (Lipinski definition) is 0. The third kappa shape index (κ3) is 3.85. The molecule has 0 radical (unpaired) electrons. The summed E-state index contributed by atoms with van der Waals surface area (Å²) in [5.74, 6) is 2.57. The van der Waals surface area contributed by atoms with Gasteiger partial charge in [-0.25, -0.2) is 4.98 Å². The lowest BCUT2D eigenvalue weighted by Crippen LogP contribution is -2.33. The van der Waals surface area contributed by atoms with Gasteiger partial charge in [-0.05, 0) is 49.8 Å². The Labute approximate surface area is 122 Å². The molecular weight excluding hydrogens is 256 g/mol. The van der Waals surface area contributed by atoms with Crippen LogP contribution in [0.4, 0.5) is 5.82 Å². The Morgan fingerprint density at radius 2 is 2.11 bits per heavy atom. The van der Waals surface area contributed by atoms with Crippen LogP contribution < -0.4 is 4.90 Å². The average Bonchev–Trinajstić information content (AvgIpc) is 2.37. The van der Waals surface area contributed by atoms with Crippen LogP contribution in [-0.4, -0.2) is 18.1 Å². The van der Waals surface area contributed by atoms with E-state index in [9.17, 15) is 0 Å². The number of pyridine rings is 1. The first-order valence-electron chi connectivity index (χ1n) is 7.57. The number of anilines is 1. The minimum atomic E-state index is 0.577. The fourth-order valence-electron chi connectivity index (χ4n) is 2.63. The maximum absolute atomic E-state index is 6.02. The van der Waals surface area contributed by atoms with Crippen molar-refractivity contribution in [1.29, 1.82) is 0 Å². The van der Waals surface area contributed by atoms with Crippen LogP contribution in [0.3, 0.4) is 0 Å². The first-order valence-corrected chi connectivity index (χ1v) is 8.11. The molecule has 0 N–H and O–H groups in total. The molecule has 2 nitrogen and oxygen atoms in total. The van der Waals surface area contributed by atoms with Gasteiger partial charge in [-0.3, -0.25) is 0 Å². The molecule has 1 aliphatic rings. The first-order chi connectivity index (χ1) is 9.26. The fourth-order valence-corrected chi connectivity index (χ4v) is 2.78. The summed E-state index contributed by atoms with van der Waals surface area (Å²) < 4.78 is 0. The molecule has 0 spiro atoms. The van der Waals surface area contributed by atoms with Gasteiger partial charge in [0.25, 0.3) is 0 Å². The number of nitrogens with zero attached hydrogens (tertiary/aromatic N) is 2. The normalized spacial score (nSPS) is 15.3. The van der Waals surface area contributed by atoms with E-state index < -0.39 is 0 Å². The van der Waals surface area contributed by atoms with Gasteiger partial charge in [0.05, 0.1) is 0 Å². The maximum atomic E-state index is 6.02. The highest BCUT2D eigenvalue weighted by Gasteiger charge is 2.21. The number of halogens is 1. The van der Waals surface area contributed by atoms with Gasteiger partial charge in [-0.2, -0.15) is 0 Å². The van der Waals surface area contributed by atoms with Crippen molar-refractivity contribution in [2.45, 2.75) is 51.8 Å². The fraction of sp³-hybridized carbons (Fsp3) is 0.688. The van der Waals surface area contributed by atoms with Crippen LogP contribution in [-0.2, 0) is 12.3 Å². The molecule has 2 rings (SSSR count). The predicted octanol–water partition coefficient (Wildman–Crippen LogP) is 4.40. The Morgan fingerprint density at radius 1 is 1.32 bits per heavy atom. The van der Waals surface area contributed by atoms with Gasteiger partial charge in [-0.1, -0.05) is 19.8 Å². The summed E-state index contributed by atoms with van der Waals surface area (Å²) in [6, 6.07) is 4.31. The van der Waals surface area contributed by atoms with Gasteiger partial charge < -0.3 is 4.90 Å². The highest BCUT2D eigenvalue weighted by molar-refractivity contribution is 6.17. The summed E-state index contributed by atoms with van der Waals surface area (Å²) >= 11 is 6.02. The number of alkyl halides is 1. The van der Waals surface area contributed by atoms with E-state index in [0.717, 1.165) is 37.7 Å². The minimum absolute atomic E-state index is 0.577. The molecule has 3 heteroatoms. The van der Waals surface area contributed by atoms with Crippen molar-refractivity contribution in [1.82, 2.24) is 4.98 Å². The molecule has 0 saturated heterocycles. The topological polar surface area (TPSA) is 16.1 Å². The van der Waals surface area contributed by atoms with Crippen LogP contribution in [0.15, 0.2) is 12.1 Å². The van der Waals surface area contributed by atoms with E-state index in [-0.39, 0.29) is 0 Å². The lowest BCUT2D eigenvalue weighted by atomic mass is 9.85. The molecule has 19 heavy (non-hydrogen) atoms. The molecule has 0 atom stereocenters. The Morgan fingerprint density at radius 3 is 2.63 bits per heavy atom. The average molecular weight is 281 g/mol. The van der Waals surface area contributed by atoms with Gasteiger partial charge in [0.15, 0.2) is 0 Å². The van der Waals surface area contributed by atoms with Gasteiger partial charge in [0.2, 0.25) is 0 Å². The molecule has 0 bridgehead atoms. The molecule has 0 amide bonds. The van der Waals surface area contributed by atoms with Gasteiger partial charge >= 0.3 is 0 Å². The maximum Gasteiger partial charge on any atom is 0.129 e. The van der Waals surface area contributed by atoms with Crippen molar-refractivity contribution in [2.75, 3.05) is 18.0 Å². The monoisotopic (exact) mass is 280 g/mol. The summed E-state index contributed by atoms with van der Waals surface area (Å²) in [6.07, 6.45) is 6.34. The molecule has 1 fully saturated rings. The number of rotatable bonds is 7. The molecule has 1 aromatic rings. The molecule has 0 unspecified atom stereocenters. The van der Waals surface area contributed by atoms with Crippen molar-refractivity contribution < 1.29 is 0 Å². The van der Waals surface area contributed by atoms with Crippen molar-refractivity contribution in [2.24, 2.45) is 5.92 Å². The summed E-state index contributed by atoms with van der Waals surface area (Å²) in [7, 11) is 0. The lowest BCUT2D eigenvalue weighted by molar-refractivity contribution is 0.318. The van der Waals surface area contributed by atoms with Crippen molar-refractivity contribution in [3.63, 3.8) is 0 Å². The van der Waals surface area contributed by atoms with E-state index in [1.807, 2.05) is 0 Å². The number of aryl methyl sites for hydroxylation is 1. The summed E-state index contributed by atoms with van der Waals surface area (Å²) in [6.45, 7) is 6.59. The van der Waals surface area contributed by atoms with Crippen molar-refractivity contribution >= 4 is 17.4 Å². The van der Waals surface area contributed by atoms with Crippen LogP contribution in [0.5, 0.6) is 0 Å². The first kappa shape index (κ1) is 14.6. The van der Waals surface area contributed by atoms with Crippen molar-refractivity contribution in [3.8, 4) is 0 Å². The third-order valence-electron chi connectivity index (χ3n) is 3.99. The SMILES string of the molecule is CCCc1cc(CCl)cc(N(CC)CC2CCC2)n1. The highest BCUT2D eigenvalue weighted by atomic mass is 35.5. The molecule has 0 aliphatic heterocycles. The standard InChI is InChI=1S/C16H25ClN2/c1-3-6-15-9-14(11-17)10-16(18-15)19(4-2)12-13-7-5-8-13/h9-10,13H,3-8,11-12H2,1-2H3. The summed E-state index contributed by atoms with van der Waals surface area (Å²) in [5, 5.41) is 0. The smallest absolute Gasteiger partial charge is 0.129 e. The summed E-state index contributed by atoms with van der Waals surface area (Å²) in [5.41, 5.74) is 2.38. The van der Waals surface area contributed by atoms with E-state index in [1.165, 1.54) is 30.5 Å². The van der Waals surface area contributed by atoms with Gasteiger partial charge in [-0.15, -0.1) is 11.6 Å². The van der Waals surface area contributed by atoms with Gasteiger partial charge in [0, 0.05) is 24.7 Å². The molecule has 1 saturated carbocycles. The molecule has 1 heterocycles. The van der Waals surface area contributed by atoms with Crippen LogP contribution in [0, 0.1) is 5.92 Å². The largest absolute Gasteiger partial charge is 0.357 e. The quantitative estimate of drug-likeness (QED) is 0.688.